The quantitative estimate of drug-likeness (QED) is 0.673. The highest BCUT2D eigenvalue weighted by Gasteiger charge is 2.30. The van der Waals surface area contributed by atoms with Crippen molar-refractivity contribution in [2.75, 3.05) is 17.6 Å². The topological polar surface area (TPSA) is 88.5 Å². The third-order valence-corrected chi connectivity index (χ3v) is 5.58. The smallest absolute Gasteiger partial charge is 0.229 e. The number of aliphatic hydroxyl groups excluding tert-OH is 1. The SMILES string of the molecule is CS(=O)(=O)Nc1ccccc1-c1ccc2c(c1)OCC(Cc1cccnc1)C2O. The summed E-state index contributed by atoms with van der Waals surface area (Å²) >= 11 is 0. The van der Waals surface area contributed by atoms with E-state index >= 15 is 0 Å². The van der Waals surface area contributed by atoms with E-state index in [1.807, 2.05) is 42.5 Å². The van der Waals surface area contributed by atoms with Gasteiger partial charge in [-0.25, -0.2) is 8.42 Å². The molecule has 2 heterocycles. The largest absolute Gasteiger partial charge is 0.493 e. The van der Waals surface area contributed by atoms with E-state index in [0.717, 1.165) is 28.5 Å². The molecule has 2 aromatic carbocycles. The normalized spacial score (nSPS) is 18.6. The minimum atomic E-state index is -3.40. The number of nitrogens with one attached hydrogen (secondary N) is 1. The molecule has 1 aliphatic heterocycles. The molecule has 0 saturated heterocycles. The molecular formula is C22H22N2O4S. The molecule has 3 aromatic rings. The Kier molecular flexibility index (Phi) is 5.25. The van der Waals surface area contributed by atoms with Gasteiger partial charge in [-0.3, -0.25) is 9.71 Å². The molecule has 2 atom stereocenters. The minimum Gasteiger partial charge on any atom is -0.493 e. The van der Waals surface area contributed by atoms with Gasteiger partial charge < -0.3 is 9.84 Å². The number of pyridine rings is 1. The zero-order chi connectivity index (χ0) is 20.4. The molecule has 150 valence electrons. The Labute approximate surface area is 170 Å². The molecule has 0 aliphatic carbocycles. The third-order valence-electron chi connectivity index (χ3n) is 4.99. The third kappa shape index (κ3) is 4.41. The molecular weight excluding hydrogens is 388 g/mol. The fourth-order valence-electron chi connectivity index (χ4n) is 3.63. The molecule has 0 saturated carbocycles. The van der Waals surface area contributed by atoms with Crippen molar-refractivity contribution in [1.82, 2.24) is 4.98 Å². The standard InChI is InChI=1S/C22H22N2O4S/c1-29(26,27)24-20-7-3-2-6-18(20)16-8-9-19-21(12-16)28-14-17(22(19)25)11-15-5-4-10-23-13-15/h2-10,12-13,17,22,24-25H,11,14H2,1H3. The molecule has 2 unspecified atom stereocenters. The summed E-state index contributed by atoms with van der Waals surface area (Å²) in [5, 5.41) is 10.9. The number of rotatable bonds is 5. The molecule has 7 heteroatoms. The van der Waals surface area contributed by atoms with Gasteiger partial charge in [0.2, 0.25) is 10.0 Å². The predicted molar refractivity (Wildman–Crippen MR) is 112 cm³/mol. The van der Waals surface area contributed by atoms with E-state index in [1.54, 1.807) is 24.5 Å². The van der Waals surface area contributed by atoms with Crippen molar-refractivity contribution in [3.05, 3.63) is 78.1 Å². The summed E-state index contributed by atoms with van der Waals surface area (Å²) in [7, 11) is -3.40. The van der Waals surface area contributed by atoms with Crippen LogP contribution in [0, 0.1) is 5.92 Å². The highest BCUT2D eigenvalue weighted by atomic mass is 32.2. The molecule has 0 amide bonds. The van der Waals surface area contributed by atoms with Gasteiger partial charge in [-0.1, -0.05) is 36.4 Å². The molecule has 0 radical (unpaired) electrons. The molecule has 0 bridgehead atoms. The van der Waals surface area contributed by atoms with E-state index in [9.17, 15) is 13.5 Å². The first-order valence-corrected chi connectivity index (χ1v) is 11.2. The summed E-state index contributed by atoms with van der Waals surface area (Å²) in [6.07, 6.45) is 4.69. The Hall–Kier alpha value is -2.90. The second kappa shape index (κ2) is 7.85. The molecule has 2 N–H and O–H groups in total. The van der Waals surface area contributed by atoms with E-state index in [0.29, 0.717) is 24.5 Å². The predicted octanol–water partition coefficient (Wildman–Crippen LogP) is 3.40. The fourth-order valence-corrected chi connectivity index (χ4v) is 4.21. The van der Waals surface area contributed by atoms with Crippen LogP contribution in [0.1, 0.15) is 17.2 Å². The molecule has 1 aromatic heterocycles. The van der Waals surface area contributed by atoms with Crippen LogP contribution in [0.2, 0.25) is 0 Å². The number of hydrogen-bond donors (Lipinski definition) is 2. The highest BCUT2D eigenvalue weighted by molar-refractivity contribution is 7.92. The number of para-hydroxylation sites is 1. The Morgan fingerprint density at radius 1 is 1.17 bits per heavy atom. The zero-order valence-corrected chi connectivity index (χ0v) is 16.8. The average Bonchev–Trinajstić information content (AvgIpc) is 2.70. The Morgan fingerprint density at radius 3 is 2.76 bits per heavy atom. The van der Waals surface area contributed by atoms with Crippen molar-refractivity contribution in [2.24, 2.45) is 5.92 Å². The maximum atomic E-state index is 11.7. The van der Waals surface area contributed by atoms with Gasteiger partial charge in [-0.2, -0.15) is 0 Å². The number of aromatic nitrogens is 1. The lowest BCUT2D eigenvalue weighted by molar-refractivity contribution is 0.0508. The number of hydrogen-bond acceptors (Lipinski definition) is 5. The Balaban J connectivity index is 1.61. The van der Waals surface area contributed by atoms with E-state index in [4.69, 9.17) is 4.74 Å². The number of nitrogens with zero attached hydrogens (tertiary/aromatic N) is 1. The van der Waals surface area contributed by atoms with Gasteiger partial charge >= 0.3 is 0 Å². The van der Waals surface area contributed by atoms with E-state index in [-0.39, 0.29) is 5.92 Å². The first-order chi connectivity index (χ1) is 13.9. The maximum absolute atomic E-state index is 11.7. The van der Waals surface area contributed by atoms with Gasteiger partial charge in [0, 0.05) is 29.4 Å². The molecule has 4 rings (SSSR count). The first kappa shape index (κ1) is 19.4. The van der Waals surface area contributed by atoms with Gasteiger partial charge in [-0.05, 0) is 35.7 Å². The molecule has 0 spiro atoms. The van der Waals surface area contributed by atoms with Gasteiger partial charge in [0.15, 0.2) is 0 Å². The number of sulfonamides is 1. The van der Waals surface area contributed by atoms with Gasteiger partial charge in [-0.15, -0.1) is 0 Å². The summed E-state index contributed by atoms with van der Waals surface area (Å²) in [6.45, 7) is 0.399. The number of aliphatic hydroxyl groups is 1. The van der Waals surface area contributed by atoms with Crippen LogP contribution in [-0.2, 0) is 16.4 Å². The van der Waals surface area contributed by atoms with Crippen LogP contribution >= 0.6 is 0 Å². The van der Waals surface area contributed by atoms with Gasteiger partial charge in [0.05, 0.1) is 24.7 Å². The number of benzene rings is 2. The summed E-state index contributed by atoms with van der Waals surface area (Å²) < 4.78 is 31.9. The van der Waals surface area contributed by atoms with Crippen molar-refractivity contribution < 1.29 is 18.3 Å². The average molecular weight is 410 g/mol. The molecule has 6 nitrogen and oxygen atoms in total. The van der Waals surface area contributed by atoms with Crippen molar-refractivity contribution in [3.8, 4) is 16.9 Å². The van der Waals surface area contributed by atoms with Crippen LogP contribution in [-0.4, -0.2) is 31.4 Å². The second-order valence-corrected chi connectivity index (χ2v) is 9.00. The second-order valence-electron chi connectivity index (χ2n) is 7.25. The van der Waals surface area contributed by atoms with Crippen molar-refractivity contribution in [2.45, 2.75) is 12.5 Å². The maximum Gasteiger partial charge on any atom is 0.229 e. The van der Waals surface area contributed by atoms with Crippen LogP contribution in [0.4, 0.5) is 5.69 Å². The lowest BCUT2D eigenvalue weighted by Gasteiger charge is -2.30. The van der Waals surface area contributed by atoms with Crippen LogP contribution in [0.3, 0.4) is 0 Å². The monoisotopic (exact) mass is 410 g/mol. The van der Waals surface area contributed by atoms with Crippen molar-refractivity contribution in [3.63, 3.8) is 0 Å². The highest BCUT2D eigenvalue weighted by Crippen LogP contribution is 2.40. The van der Waals surface area contributed by atoms with E-state index < -0.39 is 16.1 Å². The molecule has 0 fully saturated rings. The molecule has 1 aliphatic rings. The van der Waals surface area contributed by atoms with Crippen LogP contribution in [0.25, 0.3) is 11.1 Å². The lowest BCUT2D eigenvalue weighted by Crippen LogP contribution is -2.27. The number of ether oxygens (including phenoxy) is 1. The summed E-state index contributed by atoms with van der Waals surface area (Å²) in [6, 6.07) is 16.6. The van der Waals surface area contributed by atoms with Crippen molar-refractivity contribution >= 4 is 15.7 Å². The Bertz CT molecular complexity index is 1120. The fraction of sp³-hybridized carbons (Fsp3) is 0.227. The van der Waals surface area contributed by atoms with E-state index in [1.165, 1.54) is 0 Å². The summed E-state index contributed by atoms with van der Waals surface area (Å²) in [5.41, 5.74) is 3.86. The van der Waals surface area contributed by atoms with Crippen LogP contribution in [0.5, 0.6) is 5.75 Å². The van der Waals surface area contributed by atoms with Gasteiger partial charge in [0.25, 0.3) is 0 Å². The summed E-state index contributed by atoms with van der Waals surface area (Å²) in [4.78, 5) is 4.13. The van der Waals surface area contributed by atoms with Crippen molar-refractivity contribution in [1.29, 1.82) is 0 Å². The van der Waals surface area contributed by atoms with E-state index in [2.05, 4.69) is 9.71 Å². The lowest BCUT2D eigenvalue weighted by atomic mass is 9.87. The zero-order valence-electron chi connectivity index (χ0n) is 15.9. The van der Waals surface area contributed by atoms with Crippen LogP contribution in [0.15, 0.2) is 67.0 Å². The molecule has 29 heavy (non-hydrogen) atoms. The number of fused-ring (bicyclic) bond motifs is 1. The minimum absolute atomic E-state index is 0.0586. The summed E-state index contributed by atoms with van der Waals surface area (Å²) in [5.74, 6) is 0.559. The number of anilines is 1. The van der Waals surface area contributed by atoms with Crippen LogP contribution < -0.4 is 9.46 Å². The van der Waals surface area contributed by atoms with Gasteiger partial charge in [0.1, 0.15) is 5.75 Å². The first-order valence-electron chi connectivity index (χ1n) is 9.31. The Morgan fingerprint density at radius 2 is 2.00 bits per heavy atom.